The number of hydrogen-bond acceptors (Lipinski definition) is 3. The number of ether oxygens (including phenoxy) is 1. The molecule has 1 aromatic carbocycles. The number of benzene rings is 1. The molecule has 0 saturated carbocycles. The van der Waals surface area contributed by atoms with Crippen LogP contribution in [0.4, 0.5) is 0 Å². The summed E-state index contributed by atoms with van der Waals surface area (Å²) >= 11 is 0. The van der Waals surface area contributed by atoms with E-state index < -0.39 is 0 Å². The maximum absolute atomic E-state index is 8.93. The monoisotopic (exact) mass is 182 g/mol. The van der Waals surface area contributed by atoms with Crippen LogP contribution < -0.4 is 0 Å². The van der Waals surface area contributed by atoms with Crippen LogP contribution in [-0.2, 0) is 4.74 Å². The molecule has 3 nitrogen and oxygen atoms in total. The van der Waals surface area contributed by atoms with Gasteiger partial charge in [0.15, 0.2) is 0 Å². The molecule has 1 fully saturated rings. The molecule has 1 saturated heterocycles. The highest BCUT2D eigenvalue weighted by Crippen LogP contribution is 2.19. The van der Waals surface area contributed by atoms with E-state index in [1.807, 2.05) is 0 Å². The first-order chi connectivity index (χ1) is 6.20. The van der Waals surface area contributed by atoms with Crippen LogP contribution in [0.1, 0.15) is 12.0 Å². The van der Waals surface area contributed by atoms with E-state index in [9.17, 15) is 0 Å². The number of aryl methyl sites for hydroxylation is 1. The largest absolute Gasteiger partial charge is 0.508 e. The summed E-state index contributed by atoms with van der Waals surface area (Å²) in [5, 5.41) is 17.8. The molecule has 13 heavy (non-hydrogen) atoms. The average molecular weight is 182 g/mol. The summed E-state index contributed by atoms with van der Waals surface area (Å²) < 4.78 is 4.72. The Labute approximate surface area is 77.6 Å². The SMILES string of the molecule is C1COC1.Cc1cc(O)ccc1O. The van der Waals surface area contributed by atoms with Gasteiger partial charge in [0, 0.05) is 13.2 Å². The van der Waals surface area contributed by atoms with Gasteiger partial charge >= 0.3 is 0 Å². The highest BCUT2D eigenvalue weighted by molar-refractivity contribution is 5.37. The fourth-order valence-corrected chi connectivity index (χ4v) is 0.784. The van der Waals surface area contributed by atoms with Gasteiger partial charge in [-0.3, -0.25) is 0 Å². The molecule has 2 N–H and O–H groups in total. The standard InChI is InChI=1S/C7H8O2.C3H6O/c1-5-4-6(8)2-3-7(5)9;1-2-4-3-1/h2-4,8-9H,1H3;1-3H2. The molecule has 0 aliphatic carbocycles. The van der Waals surface area contributed by atoms with Gasteiger partial charge in [-0.15, -0.1) is 0 Å². The number of aromatic hydroxyl groups is 2. The molecule has 0 unspecified atom stereocenters. The zero-order valence-electron chi connectivity index (χ0n) is 7.66. The normalized spacial score (nSPS) is 13.9. The fraction of sp³-hybridized carbons (Fsp3) is 0.400. The van der Waals surface area contributed by atoms with Crippen molar-refractivity contribution in [1.29, 1.82) is 0 Å². The summed E-state index contributed by atoms with van der Waals surface area (Å²) in [7, 11) is 0. The van der Waals surface area contributed by atoms with E-state index in [-0.39, 0.29) is 11.5 Å². The van der Waals surface area contributed by atoms with E-state index in [0.717, 1.165) is 13.2 Å². The van der Waals surface area contributed by atoms with Crippen LogP contribution in [0.25, 0.3) is 0 Å². The Bertz CT molecular complexity index is 263. The third kappa shape index (κ3) is 3.34. The van der Waals surface area contributed by atoms with Gasteiger partial charge in [0.2, 0.25) is 0 Å². The summed E-state index contributed by atoms with van der Waals surface area (Å²) in [4.78, 5) is 0. The predicted octanol–water partition coefficient (Wildman–Crippen LogP) is 1.81. The van der Waals surface area contributed by atoms with Crippen LogP contribution >= 0.6 is 0 Å². The van der Waals surface area contributed by atoms with Crippen LogP contribution in [0.2, 0.25) is 0 Å². The van der Waals surface area contributed by atoms with Gasteiger partial charge in [-0.2, -0.15) is 0 Å². The van der Waals surface area contributed by atoms with Crippen molar-refractivity contribution in [2.24, 2.45) is 0 Å². The molecule has 1 aromatic rings. The molecule has 0 bridgehead atoms. The molecule has 0 amide bonds. The van der Waals surface area contributed by atoms with Crippen molar-refractivity contribution in [3.8, 4) is 11.5 Å². The maximum atomic E-state index is 8.93. The molecule has 2 rings (SSSR count). The second kappa shape index (κ2) is 4.72. The van der Waals surface area contributed by atoms with Crippen molar-refractivity contribution in [3.05, 3.63) is 23.8 Å². The quantitative estimate of drug-likeness (QED) is 0.601. The number of phenols is 2. The van der Waals surface area contributed by atoms with Crippen LogP contribution in [0.15, 0.2) is 18.2 Å². The topological polar surface area (TPSA) is 49.7 Å². The van der Waals surface area contributed by atoms with Crippen molar-refractivity contribution in [2.45, 2.75) is 13.3 Å². The minimum absolute atomic E-state index is 0.185. The zero-order chi connectivity index (χ0) is 9.68. The highest BCUT2D eigenvalue weighted by atomic mass is 16.5. The highest BCUT2D eigenvalue weighted by Gasteiger charge is 1.94. The number of rotatable bonds is 0. The van der Waals surface area contributed by atoms with Crippen LogP contribution in [-0.4, -0.2) is 23.4 Å². The second-order valence-corrected chi connectivity index (χ2v) is 2.94. The molecule has 1 aliphatic rings. The van der Waals surface area contributed by atoms with Crippen molar-refractivity contribution in [3.63, 3.8) is 0 Å². The predicted molar refractivity (Wildman–Crippen MR) is 49.9 cm³/mol. The first kappa shape index (κ1) is 9.86. The van der Waals surface area contributed by atoms with Crippen LogP contribution in [0.3, 0.4) is 0 Å². The Morgan fingerprint density at radius 1 is 1.23 bits per heavy atom. The van der Waals surface area contributed by atoms with E-state index in [1.165, 1.54) is 24.6 Å². The first-order valence-corrected chi connectivity index (χ1v) is 4.26. The Morgan fingerprint density at radius 2 is 1.77 bits per heavy atom. The number of hydrogen-bond donors (Lipinski definition) is 2. The van der Waals surface area contributed by atoms with E-state index in [4.69, 9.17) is 14.9 Å². The zero-order valence-corrected chi connectivity index (χ0v) is 7.66. The Hall–Kier alpha value is -1.22. The Kier molecular flexibility index (Phi) is 3.58. The van der Waals surface area contributed by atoms with E-state index in [0.29, 0.717) is 5.56 Å². The van der Waals surface area contributed by atoms with Gasteiger partial charge in [0.25, 0.3) is 0 Å². The summed E-state index contributed by atoms with van der Waals surface area (Å²) in [6.07, 6.45) is 1.28. The van der Waals surface area contributed by atoms with Gasteiger partial charge in [-0.25, -0.2) is 0 Å². The lowest BCUT2D eigenvalue weighted by Gasteiger charge is -2.09. The molecule has 72 valence electrons. The lowest BCUT2D eigenvalue weighted by molar-refractivity contribution is 0.0367. The van der Waals surface area contributed by atoms with E-state index in [1.54, 1.807) is 6.92 Å². The van der Waals surface area contributed by atoms with E-state index in [2.05, 4.69) is 0 Å². The Balaban J connectivity index is 0.000000175. The second-order valence-electron chi connectivity index (χ2n) is 2.94. The summed E-state index contributed by atoms with van der Waals surface area (Å²) in [5.74, 6) is 0.401. The van der Waals surface area contributed by atoms with E-state index >= 15 is 0 Å². The summed E-state index contributed by atoms with van der Waals surface area (Å²) in [5.41, 5.74) is 0.690. The molecule has 0 atom stereocenters. The number of phenolic OH excluding ortho intramolecular Hbond substituents is 2. The molecule has 1 aliphatic heterocycles. The summed E-state index contributed by atoms with van der Waals surface area (Å²) in [6.45, 7) is 3.73. The van der Waals surface area contributed by atoms with Crippen molar-refractivity contribution >= 4 is 0 Å². The van der Waals surface area contributed by atoms with Crippen molar-refractivity contribution in [1.82, 2.24) is 0 Å². The third-order valence-corrected chi connectivity index (χ3v) is 1.76. The van der Waals surface area contributed by atoms with Crippen LogP contribution in [0, 0.1) is 6.92 Å². The van der Waals surface area contributed by atoms with Crippen molar-refractivity contribution in [2.75, 3.05) is 13.2 Å². The average Bonchev–Trinajstić information content (AvgIpc) is 1.94. The lowest BCUT2D eigenvalue weighted by atomic mass is 10.2. The molecule has 0 radical (unpaired) electrons. The minimum atomic E-state index is 0.185. The molecule has 3 heteroatoms. The van der Waals surface area contributed by atoms with Gasteiger partial charge in [0.1, 0.15) is 11.5 Å². The minimum Gasteiger partial charge on any atom is -0.508 e. The lowest BCUT2D eigenvalue weighted by Crippen LogP contribution is -2.09. The van der Waals surface area contributed by atoms with Crippen molar-refractivity contribution < 1.29 is 14.9 Å². The van der Waals surface area contributed by atoms with Gasteiger partial charge < -0.3 is 14.9 Å². The van der Waals surface area contributed by atoms with Gasteiger partial charge in [-0.05, 0) is 37.1 Å². The third-order valence-electron chi connectivity index (χ3n) is 1.76. The molecular weight excluding hydrogens is 168 g/mol. The Morgan fingerprint density at radius 3 is 2.08 bits per heavy atom. The van der Waals surface area contributed by atoms with Gasteiger partial charge in [0.05, 0.1) is 0 Å². The fourth-order valence-electron chi connectivity index (χ4n) is 0.784. The maximum Gasteiger partial charge on any atom is 0.118 e. The van der Waals surface area contributed by atoms with Gasteiger partial charge in [-0.1, -0.05) is 0 Å². The smallest absolute Gasteiger partial charge is 0.118 e. The molecule has 1 heterocycles. The first-order valence-electron chi connectivity index (χ1n) is 4.26. The molecular formula is C10H14O3. The molecule has 0 aromatic heterocycles. The molecule has 0 spiro atoms. The van der Waals surface area contributed by atoms with Crippen LogP contribution in [0.5, 0.6) is 11.5 Å². The summed E-state index contributed by atoms with van der Waals surface area (Å²) in [6, 6.07) is 4.42.